The molecule has 4 rings (SSSR count). The van der Waals surface area contributed by atoms with Crippen LogP contribution in [0.4, 0.5) is 15.1 Å². The Labute approximate surface area is 183 Å². The van der Waals surface area contributed by atoms with Crippen LogP contribution in [0.15, 0.2) is 83.3 Å². The van der Waals surface area contributed by atoms with E-state index in [0.717, 1.165) is 23.1 Å². The molecule has 4 aromatic rings. The van der Waals surface area contributed by atoms with E-state index >= 15 is 0 Å². The molecule has 0 bridgehead atoms. The zero-order chi connectivity index (χ0) is 22.7. The number of benzene rings is 3. The monoisotopic (exact) mass is 433 g/mol. The number of carbonyl (C=O) groups is 2. The summed E-state index contributed by atoms with van der Waals surface area (Å²) in [7, 11) is 1.16. The summed E-state index contributed by atoms with van der Waals surface area (Å²) in [6, 6.07) is 21.1. The highest BCUT2D eigenvalue weighted by molar-refractivity contribution is 5.97. The number of furan rings is 1. The average Bonchev–Trinajstić information content (AvgIpc) is 3.21. The number of carboxylic acid groups (broad SMARTS) is 1. The molecule has 32 heavy (non-hydrogen) atoms. The number of rotatable bonds is 6. The fourth-order valence-corrected chi connectivity index (χ4v) is 3.60. The van der Waals surface area contributed by atoms with Crippen LogP contribution in [-0.4, -0.2) is 30.3 Å². The third kappa shape index (κ3) is 4.32. The van der Waals surface area contributed by atoms with Crippen LogP contribution in [0.3, 0.4) is 0 Å². The summed E-state index contributed by atoms with van der Waals surface area (Å²) in [5.41, 5.74) is 2.87. The Hall–Kier alpha value is -4.13. The van der Waals surface area contributed by atoms with Gasteiger partial charge in [0.05, 0.1) is 7.11 Å². The van der Waals surface area contributed by atoms with Crippen molar-refractivity contribution in [2.45, 2.75) is 12.5 Å². The number of fused-ring (bicyclic) bond motifs is 1. The molecule has 1 aromatic heterocycles. The number of anilines is 1. The van der Waals surface area contributed by atoms with E-state index in [1.165, 1.54) is 18.2 Å². The van der Waals surface area contributed by atoms with Crippen molar-refractivity contribution in [2.75, 3.05) is 12.0 Å². The number of nitrogens with zero attached hydrogens (tertiary/aromatic N) is 1. The lowest BCUT2D eigenvalue weighted by Gasteiger charge is -2.25. The first-order valence-corrected chi connectivity index (χ1v) is 9.89. The SMILES string of the molecule is COC(=O)N(c1cc2cc(-c3ccccc3)ccc2o1)[C@H](Cc1cccc(F)c1)C(=O)O. The van der Waals surface area contributed by atoms with Crippen molar-refractivity contribution in [1.29, 1.82) is 0 Å². The predicted molar refractivity (Wildman–Crippen MR) is 118 cm³/mol. The lowest BCUT2D eigenvalue weighted by molar-refractivity contribution is -0.138. The largest absolute Gasteiger partial charge is 0.480 e. The van der Waals surface area contributed by atoms with Crippen LogP contribution < -0.4 is 4.90 Å². The lowest BCUT2D eigenvalue weighted by atomic mass is 10.0. The van der Waals surface area contributed by atoms with Crippen LogP contribution in [0.25, 0.3) is 22.1 Å². The second-order valence-electron chi connectivity index (χ2n) is 7.23. The fourth-order valence-electron chi connectivity index (χ4n) is 3.60. The number of hydrogen-bond acceptors (Lipinski definition) is 4. The summed E-state index contributed by atoms with van der Waals surface area (Å²) >= 11 is 0. The minimum absolute atomic E-state index is 0.0286. The number of aliphatic carboxylic acids is 1. The highest BCUT2D eigenvalue weighted by Crippen LogP contribution is 2.32. The van der Waals surface area contributed by atoms with Crippen LogP contribution in [0.5, 0.6) is 0 Å². The summed E-state index contributed by atoms with van der Waals surface area (Å²) in [4.78, 5) is 25.6. The Morgan fingerprint density at radius 2 is 1.78 bits per heavy atom. The van der Waals surface area contributed by atoms with E-state index in [2.05, 4.69) is 0 Å². The molecule has 1 heterocycles. The quantitative estimate of drug-likeness (QED) is 0.434. The predicted octanol–water partition coefficient (Wildman–Crippen LogP) is 5.51. The van der Waals surface area contributed by atoms with Crippen molar-refractivity contribution in [2.24, 2.45) is 0 Å². The molecule has 0 radical (unpaired) electrons. The van der Waals surface area contributed by atoms with Crippen molar-refractivity contribution >= 4 is 28.9 Å². The Kier molecular flexibility index (Phi) is 5.89. The molecule has 0 spiro atoms. The van der Waals surface area contributed by atoms with Crippen molar-refractivity contribution in [3.63, 3.8) is 0 Å². The Bertz CT molecular complexity index is 1270. The van der Waals surface area contributed by atoms with Gasteiger partial charge >= 0.3 is 12.1 Å². The molecule has 3 aromatic carbocycles. The molecule has 1 N–H and O–H groups in total. The molecular formula is C25H20FNO5. The van der Waals surface area contributed by atoms with Gasteiger partial charge in [0.2, 0.25) is 5.88 Å². The number of ether oxygens (including phenoxy) is 1. The molecule has 1 atom stereocenters. The van der Waals surface area contributed by atoms with Gasteiger partial charge < -0.3 is 14.3 Å². The van der Waals surface area contributed by atoms with E-state index in [4.69, 9.17) is 9.15 Å². The molecule has 0 unspecified atom stereocenters. The molecule has 0 aliphatic heterocycles. The summed E-state index contributed by atoms with van der Waals surface area (Å²) in [6.07, 6.45) is -1.02. The van der Waals surface area contributed by atoms with Gasteiger partial charge in [0.25, 0.3) is 0 Å². The maximum absolute atomic E-state index is 13.6. The van der Waals surface area contributed by atoms with Crippen LogP contribution in [0, 0.1) is 5.82 Å². The van der Waals surface area contributed by atoms with Gasteiger partial charge in [-0.2, -0.15) is 0 Å². The molecule has 0 fully saturated rings. The van der Waals surface area contributed by atoms with Gasteiger partial charge in [0.1, 0.15) is 17.4 Å². The lowest BCUT2D eigenvalue weighted by Crippen LogP contribution is -2.46. The fraction of sp³-hybridized carbons (Fsp3) is 0.120. The zero-order valence-electron chi connectivity index (χ0n) is 17.2. The highest BCUT2D eigenvalue weighted by atomic mass is 19.1. The third-order valence-corrected chi connectivity index (χ3v) is 5.13. The topological polar surface area (TPSA) is 80.0 Å². The Morgan fingerprint density at radius 1 is 1.00 bits per heavy atom. The van der Waals surface area contributed by atoms with E-state index in [1.54, 1.807) is 18.2 Å². The van der Waals surface area contributed by atoms with Crippen molar-refractivity contribution in [1.82, 2.24) is 0 Å². The van der Waals surface area contributed by atoms with Gasteiger partial charge in [-0.25, -0.2) is 18.9 Å². The minimum atomic E-state index is -1.36. The van der Waals surface area contributed by atoms with Crippen LogP contribution in [-0.2, 0) is 16.0 Å². The van der Waals surface area contributed by atoms with Gasteiger partial charge in [0.15, 0.2) is 0 Å². The van der Waals surface area contributed by atoms with Crippen LogP contribution >= 0.6 is 0 Å². The van der Waals surface area contributed by atoms with Crippen LogP contribution in [0.1, 0.15) is 5.56 Å². The first-order chi connectivity index (χ1) is 15.5. The Balaban J connectivity index is 1.74. The number of amides is 1. The third-order valence-electron chi connectivity index (χ3n) is 5.13. The summed E-state index contributed by atoms with van der Waals surface area (Å²) < 4.78 is 24.3. The first-order valence-electron chi connectivity index (χ1n) is 9.89. The van der Waals surface area contributed by atoms with Crippen LogP contribution in [0.2, 0.25) is 0 Å². The van der Waals surface area contributed by atoms with Gasteiger partial charge in [-0.3, -0.25) is 0 Å². The zero-order valence-corrected chi connectivity index (χ0v) is 17.2. The van der Waals surface area contributed by atoms with E-state index in [-0.39, 0.29) is 12.3 Å². The molecule has 7 heteroatoms. The maximum Gasteiger partial charge on any atom is 0.417 e. The normalized spacial score (nSPS) is 11.8. The molecule has 0 aliphatic carbocycles. The highest BCUT2D eigenvalue weighted by Gasteiger charge is 2.34. The molecule has 0 aliphatic rings. The number of carbonyl (C=O) groups excluding carboxylic acids is 1. The second kappa shape index (κ2) is 8.93. The standard InChI is InChI=1S/C25H20FNO5/c1-31-25(30)27(21(24(28)29)13-16-6-5-9-20(26)12-16)23-15-19-14-18(10-11-22(19)32-23)17-7-3-2-4-8-17/h2-12,14-15,21H,13H2,1H3,(H,28,29)/t21-/m1/s1. The average molecular weight is 433 g/mol. The summed E-state index contributed by atoms with van der Waals surface area (Å²) in [5.74, 6) is -1.74. The van der Waals surface area contributed by atoms with Gasteiger partial charge in [-0.05, 0) is 41.0 Å². The molecule has 6 nitrogen and oxygen atoms in total. The summed E-state index contributed by atoms with van der Waals surface area (Å²) in [6.45, 7) is 0. The number of halogens is 1. The summed E-state index contributed by atoms with van der Waals surface area (Å²) in [5, 5.41) is 10.6. The van der Waals surface area contributed by atoms with E-state index in [0.29, 0.717) is 16.5 Å². The van der Waals surface area contributed by atoms with Gasteiger partial charge in [0, 0.05) is 17.9 Å². The van der Waals surface area contributed by atoms with E-state index in [9.17, 15) is 19.1 Å². The van der Waals surface area contributed by atoms with Gasteiger partial charge in [-0.1, -0.05) is 48.5 Å². The number of hydrogen-bond donors (Lipinski definition) is 1. The molecule has 162 valence electrons. The first kappa shape index (κ1) is 21.1. The van der Waals surface area contributed by atoms with Crippen molar-refractivity contribution in [3.05, 3.63) is 90.2 Å². The smallest absolute Gasteiger partial charge is 0.417 e. The van der Waals surface area contributed by atoms with Crippen molar-refractivity contribution in [3.8, 4) is 11.1 Å². The minimum Gasteiger partial charge on any atom is -0.480 e. The Morgan fingerprint density at radius 3 is 2.47 bits per heavy atom. The van der Waals surface area contributed by atoms with E-state index < -0.39 is 23.9 Å². The second-order valence-corrected chi connectivity index (χ2v) is 7.23. The molecule has 0 saturated carbocycles. The molecular weight excluding hydrogens is 413 g/mol. The molecule has 0 saturated heterocycles. The maximum atomic E-state index is 13.6. The number of methoxy groups -OCH3 is 1. The number of carboxylic acids is 1. The van der Waals surface area contributed by atoms with Gasteiger partial charge in [-0.15, -0.1) is 0 Å². The van der Waals surface area contributed by atoms with E-state index in [1.807, 2.05) is 42.5 Å². The molecule has 1 amide bonds. The van der Waals surface area contributed by atoms with Crippen molar-refractivity contribution < 1.29 is 28.2 Å².